The number of hydrogen-bond acceptors (Lipinski definition) is 3. The van der Waals surface area contributed by atoms with Crippen molar-refractivity contribution in [3.05, 3.63) is 65.7 Å². The fraction of sp³-hybridized carbons (Fsp3) is 0.368. The summed E-state index contributed by atoms with van der Waals surface area (Å²) in [6.07, 6.45) is 2.33. The first-order valence-electron chi connectivity index (χ1n) is 8.04. The average molecular weight is 296 g/mol. The van der Waals surface area contributed by atoms with Crippen molar-refractivity contribution in [1.82, 2.24) is 4.90 Å². The molecule has 0 aliphatic carbocycles. The third-order valence-electron chi connectivity index (χ3n) is 4.15. The molecule has 3 nitrogen and oxygen atoms in total. The van der Waals surface area contributed by atoms with E-state index in [0.29, 0.717) is 12.6 Å². The maximum Gasteiger partial charge on any atom is 0.124 e. The second kappa shape index (κ2) is 7.43. The SMILES string of the molecule is NC1CCCN(Cc2ccccc2OCc2ccccc2)C1. The lowest BCUT2D eigenvalue weighted by Crippen LogP contribution is -2.42. The van der Waals surface area contributed by atoms with Crippen LogP contribution in [0.1, 0.15) is 24.0 Å². The molecular weight excluding hydrogens is 272 g/mol. The normalized spacial score (nSPS) is 19.0. The van der Waals surface area contributed by atoms with E-state index in [4.69, 9.17) is 10.5 Å². The number of para-hydroxylation sites is 1. The van der Waals surface area contributed by atoms with Gasteiger partial charge in [0.15, 0.2) is 0 Å². The molecule has 0 bridgehead atoms. The van der Waals surface area contributed by atoms with Gasteiger partial charge in [0.05, 0.1) is 0 Å². The zero-order valence-corrected chi connectivity index (χ0v) is 12.9. The molecule has 0 radical (unpaired) electrons. The van der Waals surface area contributed by atoms with E-state index in [1.165, 1.54) is 17.5 Å². The van der Waals surface area contributed by atoms with Gasteiger partial charge in [-0.15, -0.1) is 0 Å². The molecule has 2 aromatic rings. The van der Waals surface area contributed by atoms with E-state index < -0.39 is 0 Å². The predicted octanol–water partition coefficient (Wildman–Crippen LogP) is 3.19. The Kier molecular flexibility index (Phi) is 5.09. The summed E-state index contributed by atoms with van der Waals surface area (Å²) in [5, 5.41) is 0. The van der Waals surface area contributed by atoms with Crippen LogP contribution < -0.4 is 10.5 Å². The zero-order chi connectivity index (χ0) is 15.2. The van der Waals surface area contributed by atoms with Gasteiger partial charge in [-0.25, -0.2) is 0 Å². The van der Waals surface area contributed by atoms with Crippen LogP contribution in [-0.4, -0.2) is 24.0 Å². The highest BCUT2D eigenvalue weighted by Gasteiger charge is 2.17. The van der Waals surface area contributed by atoms with Crippen LogP contribution in [0.25, 0.3) is 0 Å². The summed E-state index contributed by atoms with van der Waals surface area (Å²) in [5.41, 5.74) is 8.51. The van der Waals surface area contributed by atoms with E-state index in [0.717, 1.165) is 31.8 Å². The highest BCUT2D eigenvalue weighted by molar-refractivity contribution is 5.33. The Morgan fingerprint density at radius 1 is 1.05 bits per heavy atom. The minimum Gasteiger partial charge on any atom is -0.489 e. The first kappa shape index (κ1) is 15.1. The molecule has 1 atom stereocenters. The van der Waals surface area contributed by atoms with Gasteiger partial charge >= 0.3 is 0 Å². The smallest absolute Gasteiger partial charge is 0.124 e. The average Bonchev–Trinajstić information content (AvgIpc) is 2.55. The number of benzene rings is 2. The summed E-state index contributed by atoms with van der Waals surface area (Å²) in [6.45, 7) is 3.63. The molecule has 3 heteroatoms. The molecule has 0 saturated carbocycles. The summed E-state index contributed by atoms with van der Waals surface area (Å²) >= 11 is 0. The number of likely N-dealkylation sites (tertiary alicyclic amines) is 1. The van der Waals surface area contributed by atoms with Crippen LogP contribution in [0.3, 0.4) is 0 Å². The van der Waals surface area contributed by atoms with Crippen LogP contribution in [0, 0.1) is 0 Å². The first-order valence-corrected chi connectivity index (χ1v) is 8.04. The Balaban J connectivity index is 1.64. The Hall–Kier alpha value is -1.84. The van der Waals surface area contributed by atoms with Crippen molar-refractivity contribution < 1.29 is 4.74 Å². The lowest BCUT2D eigenvalue weighted by molar-refractivity contribution is 0.197. The predicted molar refractivity (Wildman–Crippen MR) is 89.7 cm³/mol. The molecule has 2 N–H and O–H groups in total. The van der Waals surface area contributed by atoms with Crippen molar-refractivity contribution in [3.63, 3.8) is 0 Å². The molecular formula is C19H24N2O. The fourth-order valence-corrected chi connectivity index (χ4v) is 2.99. The van der Waals surface area contributed by atoms with Crippen molar-refractivity contribution in [1.29, 1.82) is 0 Å². The van der Waals surface area contributed by atoms with Crippen LogP contribution in [0.5, 0.6) is 5.75 Å². The number of hydrogen-bond donors (Lipinski definition) is 1. The quantitative estimate of drug-likeness (QED) is 0.921. The Labute approximate surface area is 132 Å². The molecule has 2 aromatic carbocycles. The number of piperidine rings is 1. The monoisotopic (exact) mass is 296 g/mol. The summed E-state index contributed by atoms with van der Waals surface area (Å²) < 4.78 is 6.03. The number of nitrogens with two attached hydrogens (primary N) is 1. The molecule has 1 heterocycles. The van der Waals surface area contributed by atoms with Gasteiger partial charge in [-0.3, -0.25) is 4.90 Å². The maximum atomic E-state index is 6.08. The van der Waals surface area contributed by atoms with E-state index in [1.54, 1.807) is 0 Å². The van der Waals surface area contributed by atoms with E-state index in [2.05, 4.69) is 35.2 Å². The summed E-state index contributed by atoms with van der Waals surface area (Å²) in [4.78, 5) is 2.43. The third-order valence-corrected chi connectivity index (χ3v) is 4.15. The van der Waals surface area contributed by atoms with Crippen LogP contribution in [-0.2, 0) is 13.2 Å². The molecule has 116 valence electrons. The van der Waals surface area contributed by atoms with E-state index in [-0.39, 0.29) is 0 Å². The second-order valence-electron chi connectivity index (χ2n) is 6.02. The molecule has 1 unspecified atom stereocenters. The first-order chi connectivity index (χ1) is 10.8. The molecule has 0 spiro atoms. The topological polar surface area (TPSA) is 38.5 Å². The Morgan fingerprint density at radius 3 is 2.64 bits per heavy atom. The largest absolute Gasteiger partial charge is 0.489 e. The lowest BCUT2D eigenvalue weighted by Gasteiger charge is -2.31. The number of nitrogens with zero attached hydrogens (tertiary/aromatic N) is 1. The van der Waals surface area contributed by atoms with Crippen molar-refractivity contribution >= 4 is 0 Å². The van der Waals surface area contributed by atoms with Gasteiger partial charge in [0.1, 0.15) is 12.4 Å². The fourth-order valence-electron chi connectivity index (χ4n) is 2.99. The van der Waals surface area contributed by atoms with Gasteiger partial charge in [0.2, 0.25) is 0 Å². The molecule has 1 fully saturated rings. The van der Waals surface area contributed by atoms with Crippen LogP contribution in [0.4, 0.5) is 0 Å². The van der Waals surface area contributed by atoms with Crippen molar-refractivity contribution in [2.45, 2.75) is 32.0 Å². The van der Waals surface area contributed by atoms with Gasteiger partial charge in [0, 0.05) is 24.7 Å². The molecule has 1 saturated heterocycles. The van der Waals surface area contributed by atoms with Crippen LogP contribution in [0.2, 0.25) is 0 Å². The zero-order valence-electron chi connectivity index (χ0n) is 12.9. The van der Waals surface area contributed by atoms with E-state index >= 15 is 0 Å². The number of ether oxygens (including phenoxy) is 1. The molecule has 0 amide bonds. The van der Waals surface area contributed by atoms with Crippen molar-refractivity contribution in [3.8, 4) is 5.75 Å². The number of rotatable bonds is 5. The highest BCUT2D eigenvalue weighted by atomic mass is 16.5. The van der Waals surface area contributed by atoms with Crippen molar-refractivity contribution in [2.75, 3.05) is 13.1 Å². The van der Waals surface area contributed by atoms with Crippen LogP contribution in [0.15, 0.2) is 54.6 Å². The van der Waals surface area contributed by atoms with Gasteiger partial charge in [0.25, 0.3) is 0 Å². The molecule has 3 rings (SSSR count). The Bertz CT molecular complexity index is 585. The third kappa shape index (κ3) is 4.09. The lowest BCUT2D eigenvalue weighted by atomic mass is 10.1. The minimum absolute atomic E-state index is 0.311. The summed E-state index contributed by atoms with van der Waals surface area (Å²) in [5.74, 6) is 0.977. The molecule has 0 aromatic heterocycles. The van der Waals surface area contributed by atoms with E-state index in [9.17, 15) is 0 Å². The Morgan fingerprint density at radius 2 is 1.82 bits per heavy atom. The van der Waals surface area contributed by atoms with Crippen molar-refractivity contribution in [2.24, 2.45) is 5.73 Å². The molecule has 22 heavy (non-hydrogen) atoms. The maximum absolute atomic E-state index is 6.08. The van der Waals surface area contributed by atoms with Gasteiger partial charge in [-0.2, -0.15) is 0 Å². The molecule has 1 aliphatic heterocycles. The van der Waals surface area contributed by atoms with E-state index in [1.807, 2.05) is 24.3 Å². The highest BCUT2D eigenvalue weighted by Crippen LogP contribution is 2.22. The summed E-state index contributed by atoms with van der Waals surface area (Å²) in [6, 6.07) is 18.9. The van der Waals surface area contributed by atoms with Gasteiger partial charge in [-0.1, -0.05) is 48.5 Å². The minimum atomic E-state index is 0.311. The molecule has 1 aliphatic rings. The van der Waals surface area contributed by atoms with Gasteiger partial charge < -0.3 is 10.5 Å². The van der Waals surface area contributed by atoms with Gasteiger partial charge in [-0.05, 0) is 31.0 Å². The standard InChI is InChI=1S/C19H24N2O/c20-18-10-6-12-21(14-18)13-17-9-4-5-11-19(17)22-15-16-7-2-1-3-8-16/h1-5,7-9,11,18H,6,10,12-15,20H2. The second-order valence-corrected chi connectivity index (χ2v) is 6.02. The van der Waals surface area contributed by atoms with Crippen LogP contribution >= 0.6 is 0 Å². The summed E-state index contributed by atoms with van der Waals surface area (Å²) in [7, 11) is 0.